The second kappa shape index (κ2) is 7.53. The first kappa shape index (κ1) is 20.3. The molecule has 11 heteroatoms. The monoisotopic (exact) mass is 431 g/mol. The molecule has 0 radical (unpaired) electrons. The van der Waals surface area contributed by atoms with Gasteiger partial charge in [0.05, 0.1) is 17.1 Å². The van der Waals surface area contributed by atoms with E-state index in [9.17, 15) is 21.6 Å². The largest absolute Gasteiger partial charge is 0.416 e. The van der Waals surface area contributed by atoms with E-state index in [0.29, 0.717) is 17.7 Å². The zero-order chi connectivity index (χ0) is 20.5. The Kier molecular flexibility index (Phi) is 5.46. The third kappa shape index (κ3) is 4.18. The number of halogens is 4. The van der Waals surface area contributed by atoms with Crippen molar-refractivity contribution in [2.75, 3.05) is 7.05 Å². The third-order valence-corrected chi connectivity index (χ3v) is 6.09. The van der Waals surface area contributed by atoms with Gasteiger partial charge in [0.2, 0.25) is 21.7 Å². The first-order valence-corrected chi connectivity index (χ1v) is 9.62. The second-order valence-corrected chi connectivity index (χ2v) is 8.20. The number of sulfonamides is 1. The van der Waals surface area contributed by atoms with Crippen molar-refractivity contribution in [3.05, 3.63) is 65.0 Å². The lowest BCUT2D eigenvalue weighted by Gasteiger charge is -2.17. The van der Waals surface area contributed by atoms with Crippen molar-refractivity contribution in [3.63, 3.8) is 0 Å². The quantitative estimate of drug-likeness (QED) is 0.604. The van der Waals surface area contributed by atoms with Gasteiger partial charge < -0.3 is 4.52 Å². The molecule has 0 saturated heterocycles. The summed E-state index contributed by atoms with van der Waals surface area (Å²) in [5.41, 5.74) is -0.350. The smallest absolute Gasteiger partial charge is 0.338 e. The molecule has 0 aliphatic heterocycles. The maximum absolute atomic E-state index is 12.7. The van der Waals surface area contributed by atoms with Crippen LogP contribution in [0.3, 0.4) is 0 Å². The van der Waals surface area contributed by atoms with Gasteiger partial charge in [-0.25, -0.2) is 8.42 Å². The minimum absolute atomic E-state index is 0.0213. The highest BCUT2D eigenvalue weighted by molar-refractivity contribution is 7.89. The molecule has 3 aromatic rings. The Bertz CT molecular complexity index is 1090. The molecule has 0 aliphatic carbocycles. The summed E-state index contributed by atoms with van der Waals surface area (Å²) in [4.78, 5) is 3.68. The fraction of sp³-hybridized carbons (Fsp3) is 0.176. The van der Waals surface area contributed by atoms with E-state index < -0.39 is 31.7 Å². The van der Waals surface area contributed by atoms with Crippen molar-refractivity contribution in [2.45, 2.75) is 17.6 Å². The molecule has 0 fully saturated rings. The Morgan fingerprint density at radius 1 is 1.14 bits per heavy atom. The molecule has 0 spiro atoms. The van der Waals surface area contributed by atoms with E-state index in [1.807, 2.05) is 6.07 Å². The highest BCUT2D eigenvalue weighted by atomic mass is 35.5. The van der Waals surface area contributed by atoms with E-state index in [0.717, 1.165) is 10.4 Å². The van der Waals surface area contributed by atoms with Crippen molar-refractivity contribution in [3.8, 4) is 11.4 Å². The average molecular weight is 432 g/mol. The van der Waals surface area contributed by atoms with Crippen LogP contribution < -0.4 is 0 Å². The van der Waals surface area contributed by atoms with Crippen LogP contribution in [0.5, 0.6) is 0 Å². The molecule has 0 N–H and O–H groups in total. The molecule has 28 heavy (non-hydrogen) atoms. The standard InChI is InChI=1S/C17H13ClF3N3O3S/c1-24(10-15-22-16(23-27-15)11-5-3-2-4-6-11)28(25,26)14-8-7-12(9-13(14)18)17(19,20)21/h2-9H,10H2,1H3. The highest BCUT2D eigenvalue weighted by Crippen LogP contribution is 2.34. The SMILES string of the molecule is CN(Cc1nc(-c2ccccc2)no1)S(=O)(=O)c1ccc(C(F)(F)F)cc1Cl. The van der Waals surface area contributed by atoms with E-state index in [4.69, 9.17) is 16.1 Å². The summed E-state index contributed by atoms with van der Waals surface area (Å²) in [6.45, 7) is -0.278. The normalized spacial score (nSPS) is 12.5. The van der Waals surface area contributed by atoms with Gasteiger partial charge in [0.25, 0.3) is 0 Å². The predicted molar refractivity (Wildman–Crippen MR) is 94.8 cm³/mol. The van der Waals surface area contributed by atoms with Gasteiger partial charge in [-0.1, -0.05) is 47.1 Å². The molecule has 1 heterocycles. The van der Waals surface area contributed by atoms with Gasteiger partial charge in [-0.05, 0) is 18.2 Å². The molecule has 6 nitrogen and oxygen atoms in total. The number of benzene rings is 2. The average Bonchev–Trinajstić information content (AvgIpc) is 3.10. The summed E-state index contributed by atoms with van der Waals surface area (Å²) in [5, 5.41) is 3.26. The summed E-state index contributed by atoms with van der Waals surface area (Å²) in [6, 6.07) is 11.0. The molecule has 0 unspecified atom stereocenters. The zero-order valence-electron chi connectivity index (χ0n) is 14.3. The summed E-state index contributed by atoms with van der Waals surface area (Å²) in [7, 11) is -2.95. The summed E-state index contributed by atoms with van der Waals surface area (Å²) < 4.78 is 69.5. The van der Waals surface area contributed by atoms with Crippen molar-refractivity contribution in [1.29, 1.82) is 0 Å². The summed E-state index contributed by atoms with van der Waals surface area (Å²) in [5.74, 6) is 0.307. The Morgan fingerprint density at radius 2 is 1.82 bits per heavy atom. The van der Waals surface area contributed by atoms with Crippen molar-refractivity contribution in [2.24, 2.45) is 0 Å². The van der Waals surface area contributed by atoms with Crippen LogP contribution in [0.25, 0.3) is 11.4 Å². The molecule has 0 saturated carbocycles. The van der Waals surface area contributed by atoms with Gasteiger partial charge in [0.15, 0.2) is 0 Å². The van der Waals surface area contributed by atoms with Crippen LogP contribution in [0, 0.1) is 0 Å². The van der Waals surface area contributed by atoms with Gasteiger partial charge in [-0.3, -0.25) is 0 Å². The van der Waals surface area contributed by atoms with Crippen LogP contribution in [0.15, 0.2) is 57.9 Å². The zero-order valence-corrected chi connectivity index (χ0v) is 15.9. The minimum atomic E-state index is -4.63. The number of hydrogen-bond donors (Lipinski definition) is 0. The van der Waals surface area contributed by atoms with E-state index in [-0.39, 0.29) is 18.3 Å². The first-order valence-electron chi connectivity index (χ1n) is 7.80. The first-order chi connectivity index (χ1) is 13.1. The van der Waals surface area contributed by atoms with Gasteiger partial charge in [0, 0.05) is 12.6 Å². The Morgan fingerprint density at radius 3 is 2.43 bits per heavy atom. The third-order valence-electron chi connectivity index (χ3n) is 3.81. The summed E-state index contributed by atoms with van der Waals surface area (Å²) in [6.07, 6.45) is -4.63. The van der Waals surface area contributed by atoms with Crippen LogP contribution in [-0.4, -0.2) is 29.9 Å². The lowest BCUT2D eigenvalue weighted by molar-refractivity contribution is -0.137. The maximum Gasteiger partial charge on any atom is 0.416 e. The molecule has 0 amide bonds. The molecule has 0 aliphatic rings. The number of rotatable bonds is 5. The second-order valence-electron chi connectivity index (χ2n) is 5.78. The van der Waals surface area contributed by atoms with E-state index in [2.05, 4.69) is 10.1 Å². The van der Waals surface area contributed by atoms with Crippen molar-refractivity contribution >= 4 is 21.6 Å². The molecule has 3 rings (SSSR count). The van der Waals surface area contributed by atoms with Crippen LogP contribution in [0.2, 0.25) is 5.02 Å². The van der Waals surface area contributed by atoms with Gasteiger partial charge in [-0.2, -0.15) is 22.5 Å². The molecule has 0 bridgehead atoms. The molecule has 0 atom stereocenters. The maximum atomic E-state index is 12.7. The molecule has 1 aromatic heterocycles. The molecular weight excluding hydrogens is 419 g/mol. The number of nitrogens with zero attached hydrogens (tertiary/aromatic N) is 3. The number of alkyl halides is 3. The van der Waals surface area contributed by atoms with Crippen LogP contribution in [0.1, 0.15) is 11.5 Å². The lowest BCUT2D eigenvalue weighted by Crippen LogP contribution is -2.27. The topological polar surface area (TPSA) is 76.3 Å². The predicted octanol–water partition coefficient (Wildman–Crippen LogP) is 4.23. The molecular formula is C17H13ClF3N3O3S. The van der Waals surface area contributed by atoms with Gasteiger partial charge in [-0.15, -0.1) is 0 Å². The Hall–Kier alpha value is -2.43. The van der Waals surface area contributed by atoms with Crippen LogP contribution in [-0.2, 0) is 22.7 Å². The highest BCUT2D eigenvalue weighted by Gasteiger charge is 2.33. The molecule has 148 valence electrons. The molecule has 2 aromatic carbocycles. The fourth-order valence-electron chi connectivity index (χ4n) is 2.35. The number of aromatic nitrogens is 2. The van der Waals surface area contributed by atoms with Crippen LogP contribution in [0.4, 0.5) is 13.2 Å². The number of hydrogen-bond acceptors (Lipinski definition) is 5. The van der Waals surface area contributed by atoms with Crippen LogP contribution >= 0.6 is 11.6 Å². The van der Waals surface area contributed by atoms with Gasteiger partial charge in [0.1, 0.15) is 4.90 Å². The lowest BCUT2D eigenvalue weighted by atomic mass is 10.2. The van der Waals surface area contributed by atoms with Gasteiger partial charge >= 0.3 is 6.18 Å². The van der Waals surface area contributed by atoms with E-state index >= 15 is 0 Å². The van der Waals surface area contributed by atoms with E-state index in [1.54, 1.807) is 24.3 Å². The van der Waals surface area contributed by atoms with Crippen molar-refractivity contribution in [1.82, 2.24) is 14.4 Å². The fourth-order valence-corrected chi connectivity index (χ4v) is 3.99. The Labute approximate surface area is 163 Å². The van der Waals surface area contributed by atoms with Crippen molar-refractivity contribution < 1.29 is 26.1 Å². The van der Waals surface area contributed by atoms with E-state index in [1.165, 1.54) is 7.05 Å². The Balaban J connectivity index is 1.82. The summed E-state index contributed by atoms with van der Waals surface area (Å²) >= 11 is 5.79. The minimum Gasteiger partial charge on any atom is -0.338 e.